The summed E-state index contributed by atoms with van der Waals surface area (Å²) in [6.45, 7) is 11.1. The van der Waals surface area contributed by atoms with Crippen molar-refractivity contribution in [3.05, 3.63) is 71.8 Å². The Balaban J connectivity index is 2.02. The first-order valence-corrected chi connectivity index (χ1v) is 11.0. The van der Waals surface area contributed by atoms with E-state index in [1.165, 1.54) is 0 Å². The second-order valence-corrected chi connectivity index (χ2v) is 9.44. The lowest BCUT2D eigenvalue weighted by Gasteiger charge is -2.31. The summed E-state index contributed by atoms with van der Waals surface area (Å²) in [6.07, 6.45) is 0.318. The van der Waals surface area contributed by atoms with Crippen LogP contribution in [0.3, 0.4) is 0 Å². The van der Waals surface area contributed by atoms with E-state index in [1.807, 2.05) is 60.7 Å². The Kier molecular flexibility index (Phi) is 9.07. The molecular formula is C26H38N2O2. The Bertz CT molecular complexity index is 756. The van der Waals surface area contributed by atoms with Gasteiger partial charge in [0, 0.05) is 19.0 Å². The molecule has 4 heteroatoms. The van der Waals surface area contributed by atoms with Crippen LogP contribution in [-0.4, -0.2) is 35.7 Å². The molecule has 2 rings (SSSR count). The number of rotatable bonds is 10. The number of carbonyl (C=O) groups is 1. The average Bonchev–Trinajstić information content (AvgIpc) is 2.71. The molecule has 0 radical (unpaired) electrons. The quantitative estimate of drug-likeness (QED) is 0.547. The number of nitrogens with one attached hydrogen (secondary N) is 2. The van der Waals surface area contributed by atoms with Crippen LogP contribution in [0.25, 0.3) is 0 Å². The van der Waals surface area contributed by atoms with E-state index < -0.39 is 6.10 Å². The molecule has 0 aliphatic rings. The zero-order valence-electron chi connectivity index (χ0n) is 19.1. The van der Waals surface area contributed by atoms with Crippen molar-refractivity contribution in [2.75, 3.05) is 6.54 Å². The minimum atomic E-state index is -0.675. The lowest BCUT2D eigenvalue weighted by molar-refractivity contribution is -0.123. The molecule has 4 unspecified atom stereocenters. The van der Waals surface area contributed by atoms with Crippen LogP contribution < -0.4 is 10.6 Å². The van der Waals surface area contributed by atoms with Gasteiger partial charge in [-0.3, -0.25) is 4.79 Å². The molecule has 4 nitrogen and oxygen atoms in total. The van der Waals surface area contributed by atoms with Crippen molar-refractivity contribution in [3.8, 4) is 0 Å². The van der Waals surface area contributed by atoms with Crippen LogP contribution in [-0.2, 0) is 11.2 Å². The fourth-order valence-electron chi connectivity index (χ4n) is 3.34. The Morgan fingerprint density at radius 2 is 1.53 bits per heavy atom. The maximum Gasteiger partial charge on any atom is 0.220 e. The van der Waals surface area contributed by atoms with Gasteiger partial charge in [0.2, 0.25) is 5.91 Å². The van der Waals surface area contributed by atoms with Gasteiger partial charge in [-0.1, -0.05) is 88.4 Å². The topological polar surface area (TPSA) is 61.4 Å². The molecule has 0 aromatic heterocycles. The van der Waals surface area contributed by atoms with Crippen LogP contribution in [0, 0.1) is 5.41 Å². The maximum absolute atomic E-state index is 12.8. The van der Waals surface area contributed by atoms with Crippen molar-refractivity contribution in [2.24, 2.45) is 5.41 Å². The van der Waals surface area contributed by atoms with Gasteiger partial charge < -0.3 is 15.7 Å². The van der Waals surface area contributed by atoms with Crippen LogP contribution in [0.15, 0.2) is 60.7 Å². The second kappa shape index (κ2) is 11.3. The van der Waals surface area contributed by atoms with Gasteiger partial charge in [-0.15, -0.1) is 0 Å². The van der Waals surface area contributed by atoms with Crippen molar-refractivity contribution in [1.82, 2.24) is 10.6 Å². The van der Waals surface area contributed by atoms with Crippen LogP contribution in [0.2, 0.25) is 0 Å². The Morgan fingerprint density at radius 1 is 0.967 bits per heavy atom. The van der Waals surface area contributed by atoms with E-state index in [4.69, 9.17) is 0 Å². The van der Waals surface area contributed by atoms with Crippen molar-refractivity contribution in [3.63, 3.8) is 0 Å². The third kappa shape index (κ3) is 7.92. The molecule has 0 fully saturated rings. The fraction of sp³-hybridized carbons (Fsp3) is 0.500. The van der Waals surface area contributed by atoms with Crippen LogP contribution in [0.4, 0.5) is 0 Å². The van der Waals surface area contributed by atoms with E-state index >= 15 is 0 Å². The summed E-state index contributed by atoms with van der Waals surface area (Å²) in [5, 5.41) is 17.4. The molecule has 0 aliphatic carbocycles. The van der Waals surface area contributed by atoms with Gasteiger partial charge in [0.15, 0.2) is 0 Å². The van der Waals surface area contributed by atoms with Crippen LogP contribution >= 0.6 is 0 Å². The number of carbonyl (C=O) groups excluding carboxylic acids is 1. The third-order valence-corrected chi connectivity index (χ3v) is 5.90. The number of amides is 1. The molecule has 1 amide bonds. The number of hydrogen-bond donors (Lipinski definition) is 3. The first-order valence-electron chi connectivity index (χ1n) is 11.0. The number of aliphatic hydroxyl groups excluding tert-OH is 1. The monoisotopic (exact) mass is 410 g/mol. The van der Waals surface area contributed by atoms with E-state index in [0.717, 1.165) is 11.1 Å². The van der Waals surface area contributed by atoms with E-state index in [2.05, 4.69) is 45.3 Å². The predicted octanol–water partition coefficient (Wildman–Crippen LogP) is 4.29. The molecule has 0 saturated carbocycles. The predicted molar refractivity (Wildman–Crippen MR) is 124 cm³/mol. The summed E-state index contributed by atoms with van der Waals surface area (Å²) >= 11 is 0. The molecule has 164 valence electrons. The van der Waals surface area contributed by atoms with Gasteiger partial charge in [-0.05, 0) is 35.8 Å². The van der Waals surface area contributed by atoms with Gasteiger partial charge >= 0.3 is 0 Å². The highest BCUT2D eigenvalue weighted by atomic mass is 16.3. The maximum atomic E-state index is 12.8. The summed E-state index contributed by atoms with van der Waals surface area (Å²) in [5.41, 5.74) is 2.35. The molecule has 30 heavy (non-hydrogen) atoms. The molecule has 4 atom stereocenters. The average molecular weight is 411 g/mol. The molecule has 0 heterocycles. The Hall–Kier alpha value is -2.17. The van der Waals surface area contributed by atoms with Gasteiger partial charge in [-0.2, -0.15) is 0 Å². The highest BCUT2D eigenvalue weighted by molar-refractivity contribution is 5.77. The second-order valence-electron chi connectivity index (χ2n) is 9.44. The zero-order valence-corrected chi connectivity index (χ0v) is 19.1. The van der Waals surface area contributed by atoms with Crippen molar-refractivity contribution < 1.29 is 9.90 Å². The zero-order chi connectivity index (χ0) is 22.1. The van der Waals surface area contributed by atoms with E-state index in [-0.39, 0.29) is 29.3 Å². The molecule has 2 aromatic rings. The van der Waals surface area contributed by atoms with Crippen LogP contribution in [0.5, 0.6) is 0 Å². The van der Waals surface area contributed by atoms with E-state index in [9.17, 15) is 9.90 Å². The first-order chi connectivity index (χ1) is 14.2. The van der Waals surface area contributed by atoms with Crippen LogP contribution in [0.1, 0.15) is 58.1 Å². The molecule has 0 aliphatic heterocycles. The van der Waals surface area contributed by atoms with Crippen molar-refractivity contribution >= 4 is 5.91 Å². The summed E-state index contributed by atoms with van der Waals surface area (Å²) < 4.78 is 0. The Labute approximate surface area is 182 Å². The highest BCUT2D eigenvalue weighted by Crippen LogP contribution is 2.20. The minimum Gasteiger partial charge on any atom is -0.390 e. The lowest BCUT2D eigenvalue weighted by atomic mass is 9.88. The summed E-state index contributed by atoms with van der Waals surface area (Å²) in [4.78, 5) is 12.8. The lowest BCUT2D eigenvalue weighted by Crippen LogP contribution is -2.51. The molecule has 3 N–H and O–H groups in total. The number of benzene rings is 2. The standard InChI is InChI=1S/C26H38N2O2/c1-19(22-14-10-7-11-15-22)16-25(30)28-23(17-21-12-8-6-9-13-21)24(29)18-27-20(2)26(3,4)5/h6-15,19-20,23-24,27,29H,16-18H2,1-5H3,(H,28,30). The molecule has 0 saturated heterocycles. The molecule has 0 bridgehead atoms. The normalized spacial score (nSPS) is 15.8. The van der Waals surface area contributed by atoms with Gasteiger partial charge in [0.05, 0.1) is 12.1 Å². The summed E-state index contributed by atoms with van der Waals surface area (Å²) in [7, 11) is 0. The SMILES string of the molecule is CC(CC(=O)NC(Cc1ccccc1)C(O)CNC(C)C(C)(C)C)c1ccccc1. The molecule has 2 aromatic carbocycles. The van der Waals surface area contributed by atoms with Crippen molar-refractivity contribution in [1.29, 1.82) is 0 Å². The van der Waals surface area contributed by atoms with Gasteiger partial charge in [0.25, 0.3) is 0 Å². The third-order valence-electron chi connectivity index (χ3n) is 5.90. The largest absolute Gasteiger partial charge is 0.390 e. The molecule has 0 spiro atoms. The number of aliphatic hydroxyl groups is 1. The highest BCUT2D eigenvalue weighted by Gasteiger charge is 2.25. The van der Waals surface area contributed by atoms with E-state index in [0.29, 0.717) is 19.4 Å². The molecular weight excluding hydrogens is 372 g/mol. The minimum absolute atomic E-state index is 0.0322. The summed E-state index contributed by atoms with van der Waals surface area (Å²) in [5.74, 6) is 0.0926. The van der Waals surface area contributed by atoms with E-state index in [1.54, 1.807) is 0 Å². The smallest absolute Gasteiger partial charge is 0.220 e. The summed E-state index contributed by atoms with van der Waals surface area (Å²) in [6, 6.07) is 20.0. The first kappa shape index (κ1) is 24.1. The van der Waals surface area contributed by atoms with Gasteiger partial charge in [-0.25, -0.2) is 0 Å². The number of hydrogen-bond acceptors (Lipinski definition) is 3. The Morgan fingerprint density at radius 3 is 2.10 bits per heavy atom. The van der Waals surface area contributed by atoms with Crippen molar-refractivity contribution in [2.45, 2.75) is 71.6 Å². The van der Waals surface area contributed by atoms with Gasteiger partial charge in [0.1, 0.15) is 0 Å². The fourth-order valence-corrected chi connectivity index (χ4v) is 3.34.